The lowest BCUT2D eigenvalue weighted by molar-refractivity contribution is 0.454. The van der Waals surface area contributed by atoms with Crippen LogP contribution in [0.4, 0.5) is 0 Å². The lowest BCUT2D eigenvalue weighted by Gasteiger charge is -2.06. The van der Waals surface area contributed by atoms with Crippen LogP contribution in [0.5, 0.6) is 0 Å². The molecule has 3 heterocycles. The van der Waals surface area contributed by atoms with Crippen molar-refractivity contribution in [2.45, 2.75) is 46.7 Å². The molecule has 0 saturated carbocycles. The van der Waals surface area contributed by atoms with E-state index >= 15 is 0 Å². The maximum Gasteiger partial charge on any atom is 0.214 e. The van der Waals surface area contributed by atoms with Crippen LogP contribution >= 0.6 is 11.6 Å². The highest BCUT2D eigenvalue weighted by Gasteiger charge is 2.19. The quantitative estimate of drug-likeness (QED) is 0.695. The van der Waals surface area contributed by atoms with E-state index in [0.29, 0.717) is 18.3 Å². The fourth-order valence-corrected chi connectivity index (χ4v) is 2.70. The SMILES string of the molecule is CCn1nc(C)c2nc(CCl)n(Cc3nc(C)c(C)o3)c21. The first kappa shape index (κ1) is 14.1. The van der Waals surface area contributed by atoms with Gasteiger partial charge in [-0.3, -0.25) is 0 Å². The van der Waals surface area contributed by atoms with Crippen LogP contribution in [0.15, 0.2) is 4.42 Å². The zero-order valence-corrected chi connectivity index (χ0v) is 13.4. The monoisotopic (exact) mass is 307 g/mol. The van der Waals surface area contributed by atoms with Crippen LogP contribution in [-0.4, -0.2) is 24.3 Å². The fraction of sp³-hybridized carbons (Fsp3) is 0.500. The third-order valence-electron chi connectivity index (χ3n) is 3.66. The lowest BCUT2D eigenvalue weighted by atomic mass is 10.4. The number of rotatable bonds is 4. The molecule has 0 unspecified atom stereocenters. The van der Waals surface area contributed by atoms with E-state index in [-0.39, 0.29) is 0 Å². The third kappa shape index (κ3) is 2.23. The molecule has 0 fully saturated rings. The molecule has 0 bridgehead atoms. The average Bonchev–Trinajstić information content (AvgIpc) is 3.07. The summed E-state index contributed by atoms with van der Waals surface area (Å²) < 4.78 is 9.66. The van der Waals surface area contributed by atoms with Crippen molar-refractivity contribution in [3.8, 4) is 0 Å². The largest absolute Gasteiger partial charge is 0.444 e. The van der Waals surface area contributed by atoms with Gasteiger partial charge < -0.3 is 8.98 Å². The highest BCUT2D eigenvalue weighted by molar-refractivity contribution is 6.16. The number of hydrogen-bond donors (Lipinski definition) is 0. The Morgan fingerprint density at radius 1 is 1.14 bits per heavy atom. The van der Waals surface area contributed by atoms with Gasteiger partial charge in [0.2, 0.25) is 5.89 Å². The molecule has 0 spiro atoms. The van der Waals surface area contributed by atoms with Crippen molar-refractivity contribution in [3.05, 3.63) is 28.9 Å². The predicted octanol–water partition coefficient (Wildman–Crippen LogP) is 2.95. The Bertz CT molecular complexity index is 779. The van der Waals surface area contributed by atoms with Gasteiger partial charge in [-0.2, -0.15) is 5.10 Å². The summed E-state index contributed by atoms with van der Waals surface area (Å²) in [6.45, 7) is 9.17. The number of aromatic nitrogens is 5. The molecule has 3 rings (SSSR count). The molecule has 0 atom stereocenters. The second-order valence-electron chi connectivity index (χ2n) is 5.07. The molecular formula is C14H18ClN5O. The minimum Gasteiger partial charge on any atom is -0.444 e. The van der Waals surface area contributed by atoms with Gasteiger partial charge in [0.15, 0.2) is 5.65 Å². The number of hydrogen-bond acceptors (Lipinski definition) is 4. The highest BCUT2D eigenvalue weighted by atomic mass is 35.5. The van der Waals surface area contributed by atoms with Gasteiger partial charge in [0, 0.05) is 6.54 Å². The Morgan fingerprint density at radius 2 is 1.90 bits per heavy atom. The molecule has 0 N–H and O–H groups in total. The number of halogens is 1. The van der Waals surface area contributed by atoms with Crippen LogP contribution in [0.3, 0.4) is 0 Å². The van der Waals surface area contributed by atoms with Gasteiger partial charge in [0.25, 0.3) is 0 Å². The summed E-state index contributed by atoms with van der Waals surface area (Å²) in [4.78, 5) is 9.04. The van der Waals surface area contributed by atoms with E-state index in [1.807, 2.05) is 30.0 Å². The van der Waals surface area contributed by atoms with Crippen LogP contribution in [0.1, 0.15) is 35.8 Å². The first-order valence-electron chi connectivity index (χ1n) is 6.96. The van der Waals surface area contributed by atoms with Gasteiger partial charge in [-0.1, -0.05) is 0 Å². The number of aryl methyl sites for hydroxylation is 4. The molecule has 3 aromatic rings. The van der Waals surface area contributed by atoms with Gasteiger partial charge in [0.05, 0.1) is 17.3 Å². The number of imidazole rings is 1. The molecule has 21 heavy (non-hydrogen) atoms. The Hall–Kier alpha value is -1.82. The van der Waals surface area contributed by atoms with Gasteiger partial charge in [0.1, 0.15) is 23.6 Å². The van der Waals surface area contributed by atoms with Crippen LogP contribution in [0.25, 0.3) is 11.2 Å². The Labute approximate surface area is 127 Å². The standard InChI is InChI=1S/C14H18ClN5O/c1-5-20-14-13(9(3)18-20)17-11(6-15)19(14)7-12-16-8(2)10(4)21-12/h5-7H2,1-4H3. The summed E-state index contributed by atoms with van der Waals surface area (Å²) in [5, 5.41) is 4.51. The maximum atomic E-state index is 6.05. The van der Waals surface area contributed by atoms with E-state index in [9.17, 15) is 0 Å². The molecule has 0 aliphatic heterocycles. The van der Waals surface area contributed by atoms with Crippen LogP contribution in [0, 0.1) is 20.8 Å². The summed E-state index contributed by atoms with van der Waals surface area (Å²) in [5.41, 5.74) is 3.69. The van der Waals surface area contributed by atoms with E-state index in [2.05, 4.69) is 22.0 Å². The van der Waals surface area contributed by atoms with Crippen molar-refractivity contribution in [2.24, 2.45) is 0 Å². The van der Waals surface area contributed by atoms with Gasteiger partial charge in [-0.05, 0) is 27.7 Å². The van der Waals surface area contributed by atoms with E-state index in [4.69, 9.17) is 16.0 Å². The summed E-state index contributed by atoms with van der Waals surface area (Å²) in [7, 11) is 0. The van der Waals surface area contributed by atoms with Crippen molar-refractivity contribution >= 4 is 22.8 Å². The lowest BCUT2D eigenvalue weighted by Crippen LogP contribution is -2.09. The Morgan fingerprint density at radius 3 is 2.48 bits per heavy atom. The molecule has 0 saturated heterocycles. The van der Waals surface area contributed by atoms with E-state index in [1.165, 1.54) is 0 Å². The maximum absolute atomic E-state index is 6.05. The average molecular weight is 308 g/mol. The van der Waals surface area contributed by atoms with Crippen LogP contribution < -0.4 is 0 Å². The summed E-state index contributed by atoms with van der Waals surface area (Å²) >= 11 is 6.05. The smallest absolute Gasteiger partial charge is 0.214 e. The normalized spacial score (nSPS) is 11.7. The molecule has 7 heteroatoms. The minimum atomic E-state index is 0.344. The topological polar surface area (TPSA) is 61.7 Å². The summed E-state index contributed by atoms with van der Waals surface area (Å²) in [5.74, 6) is 2.66. The fourth-order valence-electron chi connectivity index (χ4n) is 2.50. The third-order valence-corrected chi connectivity index (χ3v) is 3.90. The van der Waals surface area contributed by atoms with E-state index in [0.717, 1.165) is 40.7 Å². The number of alkyl halides is 1. The first-order valence-corrected chi connectivity index (χ1v) is 7.50. The molecule has 0 aliphatic carbocycles. The van der Waals surface area contributed by atoms with Crippen molar-refractivity contribution in [1.82, 2.24) is 24.3 Å². The Balaban J connectivity index is 2.15. The number of fused-ring (bicyclic) bond motifs is 1. The Kier molecular flexibility index (Phi) is 3.49. The molecule has 3 aromatic heterocycles. The van der Waals surface area contributed by atoms with E-state index < -0.39 is 0 Å². The van der Waals surface area contributed by atoms with Crippen molar-refractivity contribution in [1.29, 1.82) is 0 Å². The number of nitrogens with zero attached hydrogens (tertiary/aromatic N) is 5. The molecular weight excluding hydrogens is 290 g/mol. The first-order chi connectivity index (χ1) is 10.0. The predicted molar refractivity (Wildman–Crippen MR) is 80.6 cm³/mol. The summed E-state index contributed by atoms with van der Waals surface area (Å²) in [6.07, 6.45) is 0. The molecule has 0 amide bonds. The molecule has 0 aromatic carbocycles. The second-order valence-corrected chi connectivity index (χ2v) is 5.34. The molecule has 6 nitrogen and oxygen atoms in total. The number of oxazole rings is 1. The minimum absolute atomic E-state index is 0.344. The molecule has 112 valence electrons. The van der Waals surface area contributed by atoms with Gasteiger partial charge in [-0.15, -0.1) is 11.6 Å². The van der Waals surface area contributed by atoms with E-state index in [1.54, 1.807) is 0 Å². The van der Waals surface area contributed by atoms with Crippen LogP contribution in [0.2, 0.25) is 0 Å². The van der Waals surface area contributed by atoms with Gasteiger partial charge in [-0.25, -0.2) is 14.6 Å². The molecule has 0 radical (unpaired) electrons. The summed E-state index contributed by atoms with van der Waals surface area (Å²) in [6, 6.07) is 0. The zero-order chi connectivity index (χ0) is 15.1. The van der Waals surface area contributed by atoms with Crippen molar-refractivity contribution < 1.29 is 4.42 Å². The highest BCUT2D eigenvalue weighted by Crippen LogP contribution is 2.22. The van der Waals surface area contributed by atoms with Crippen molar-refractivity contribution in [2.75, 3.05) is 0 Å². The van der Waals surface area contributed by atoms with Crippen LogP contribution in [-0.2, 0) is 19.0 Å². The molecule has 0 aliphatic rings. The van der Waals surface area contributed by atoms with Gasteiger partial charge >= 0.3 is 0 Å². The zero-order valence-electron chi connectivity index (χ0n) is 12.6. The van der Waals surface area contributed by atoms with Crippen molar-refractivity contribution in [3.63, 3.8) is 0 Å². The second kappa shape index (κ2) is 5.18.